The second kappa shape index (κ2) is 7.53. The molecule has 0 saturated heterocycles. The standard InChI is InChI=1S/C14H19NO4/c1-10(2)12(14(17)18)8-13(16)15-19-9-11-6-4-3-5-7-11/h3-7,10,12H,8-9H2,1-2H3,(H,15,16)(H,17,18). The first-order valence-corrected chi connectivity index (χ1v) is 6.18. The van der Waals surface area contributed by atoms with Crippen molar-refractivity contribution in [2.24, 2.45) is 11.8 Å². The van der Waals surface area contributed by atoms with Gasteiger partial charge in [-0.05, 0) is 11.5 Å². The molecule has 5 nitrogen and oxygen atoms in total. The van der Waals surface area contributed by atoms with E-state index >= 15 is 0 Å². The Morgan fingerprint density at radius 2 is 1.89 bits per heavy atom. The van der Waals surface area contributed by atoms with Gasteiger partial charge in [-0.15, -0.1) is 0 Å². The number of nitrogens with one attached hydrogen (secondary N) is 1. The number of carbonyl (C=O) groups is 2. The molecule has 0 fully saturated rings. The molecule has 1 aromatic carbocycles. The summed E-state index contributed by atoms with van der Waals surface area (Å²) in [6, 6.07) is 9.39. The molecule has 1 aromatic rings. The summed E-state index contributed by atoms with van der Waals surface area (Å²) in [6.07, 6.45) is -0.0816. The van der Waals surface area contributed by atoms with E-state index in [0.717, 1.165) is 5.56 Å². The van der Waals surface area contributed by atoms with Crippen molar-refractivity contribution >= 4 is 11.9 Å². The van der Waals surface area contributed by atoms with Crippen LogP contribution in [0, 0.1) is 11.8 Å². The second-order valence-corrected chi connectivity index (χ2v) is 4.69. The van der Waals surface area contributed by atoms with Crippen molar-refractivity contribution in [2.45, 2.75) is 26.9 Å². The monoisotopic (exact) mass is 265 g/mol. The lowest BCUT2D eigenvalue weighted by atomic mass is 9.92. The van der Waals surface area contributed by atoms with Crippen LogP contribution in [0.15, 0.2) is 30.3 Å². The SMILES string of the molecule is CC(C)C(CC(=O)NOCc1ccccc1)C(=O)O. The van der Waals surface area contributed by atoms with Gasteiger partial charge in [0.2, 0.25) is 5.91 Å². The number of hydrogen-bond donors (Lipinski definition) is 2. The van der Waals surface area contributed by atoms with Crippen molar-refractivity contribution in [1.82, 2.24) is 5.48 Å². The Morgan fingerprint density at radius 1 is 1.26 bits per heavy atom. The van der Waals surface area contributed by atoms with E-state index in [-0.39, 0.29) is 18.9 Å². The Labute approximate surface area is 112 Å². The highest BCUT2D eigenvalue weighted by atomic mass is 16.6. The van der Waals surface area contributed by atoms with E-state index in [9.17, 15) is 9.59 Å². The zero-order valence-electron chi connectivity index (χ0n) is 11.1. The summed E-state index contributed by atoms with van der Waals surface area (Å²) < 4.78 is 0. The molecule has 1 unspecified atom stereocenters. The molecule has 0 aliphatic carbocycles. The van der Waals surface area contributed by atoms with Gasteiger partial charge in [0.25, 0.3) is 0 Å². The smallest absolute Gasteiger partial charge is 0.307 e. The van der Waals surface area contributed by atoms with Gasteiger partial charge in [0.05, 0.1) is 12.5 Å². The minimum absolute atomic E-state index is 0.0816. The highest BCUT2D eigenvalue weighted by molar-refractivity contribution is 5.81. The van der Waals surface area contributed by atoms with Crippen LogP contribution >= 0.6 is 0 Å². The predicted molar refractivity (Wildman–Crippen MR) is 70.0 cm³/mol. The fourth-order valence-electron chi connectivity index (χ4n) is 1.62. The van der Waals surface area contributed by atoms with Crippen molar-refractivity contribution in [1.29, 1.82) is 0 Å². The molecular weight excluding hydrogens is 246 g/mol. The predicted octanol–water partition coefficient (Wildman–Crippen LogP) is 1.98. The second-order valence-electron chi connectivity index (χ2n) is 4.69. The van der Waals surface area contributed by atoms with Crippen LogP contribution in [0.3, 0.4) is 0 Å². The number of hydrogen-bond acceptors (Lipinski definition) is 3. The van der Waals surface area contributed by atoms with E-state index in [0.29, 0.717) is 0 Å². The summed E-state index contributed by atoms with van der Waals surface area (Å²) in [5.74, 6) is -2.18. The molecule has 2 N–H and O–H groups in total. The number of carbonyl (C=O) groups excluding carboxylic acids is 1. The van der Waals surface area contributed by atoms with E-state index in [4.69, 9.17) is 9.94 Å². The van der Waals surface area contributed by atoms with Crippen LogP contribution in [-0.2, 0) is 21.0 Å². The third-order valence-electron chi connectivity index (χ3n) is 2.79. The lowest BCUT2D eigenvalue weighted by molar-refractivity contribution is -0.148. The Bertz CT molecular complexity index is 417. The largest absolute Gasteiger partial charge is 0.481 e. The van der Waals surface area contributed by atoms with Crippen molar-refractivity contribution in [2.75, 3.05) is 0 Å². The molecule has 0 aliphatic rings. The third kappa shape index (κ3) is 5.52. The van der Waals surface area contributed by atoms with Gasteiger partial charge in [-0.2, -0.15) is 0 Å². The number of hydroxylamine groups is 1. The van der Waals surface area contributed by atoms with Crippen LogP contribution in [0.25, 0.3) is 0 Å². The number of amides is 1. The minimum Gasteiger partial charge on any atom is -0.481 e. The first-order valence-electron chi connectivity index (χ1n) is 6.18. The van der Waals surface area contributed by atoms with Gasteiger partial charge in [0.15, 0.2) is 0 Å². The summed E-state index contributed by atoms with van der Waals surface area (Å²) in [5, 5.41) is 8.98. The Hall–Kier alpha value is -1.88. The molecule has 0 aliphatic heterocycles. The lowest BCUT2D eigenvalue weighted by Crippen LogP contribution is -2.30. The Kier molecular flexibility index (Phi) is 6.02. The molecule has 5 heteroatoms. The minimum atomic E-state index is -0.965. The molecule has 0 heterocycles. The van der Waals surface area contributed by atoms with E-state index in [1.54, 1.807) is 13.8 Å². The molecule has 1 atom stereocenters. The number of aliphatic carboxylic acids is 1. The van der Waals surface area contributed by atoms with E-state index in [1.807, 2.05) is 30.3 Å². The van der Waals surface area contributed by atoms with E-state index in [1.165, 1.54) is 0 Å². The molecular formula is C14H19NO4. The fourth-order valence-corrected chi connectivity index (χ4v) is 1.62. The molecule has 1 amide bonds. The first-order chi connectivity index (χ1) is 9.00. The molecule has 0 saturated carbocycles. The van der Waals surface area contributed by atoms with Crippen molar-refractivity contribution < 1.29 is 19.5 Å². The van der Waals surface area contributed by atoms with Crippen LogP contribution in [0.1, 0.15) is 25.8 Å². The maximum Gasteiger partial charge on any atom is 0.307 e. The van der Waals surface area contributed by atoms with E-state index in [2.05, 4.69) is 5.48 Å². The van der Waals surface area contributed by atoms with Crippen molar-refractivity contribution in [3.8, 4) is 0 Å². The molecule has 0 bridgehead atoms. The van der Waals surface area contributed by atoms with Gasteiger partial charge in [0.1, 0.15) is 0 Å². The summed E-state index contributed by atoms with van der Waals surface area (Å²) in [6.45, 7) is 3.81. The van der Waals surface area contributed by atoms with Crippen molar-refractivity contribution in [3.05, 3.63) is 35.9 Å². The van der Waals surface area contributed by atoms with Crippen LogP contribution < -0.4 is 5.48 Å². The summed E-state index contributed by atoms with van der Waals surface area (Å²) in [7, 11) is 0. The van der Waals surface area contributed by atoms with Gasteiger partial charge in [-0.25, -0.2) is 5.48 Å². The first kappa shape index (κ1) is 15.2. The molecule has 19 heavy (non-hydrogen) atoms. The summed E-state index contributed by atoms with van der Waals surface area (Å²) in [4.78, 5) is 27.6. The normalized spacial score (nSPS) is 12.2. The van der Waals surface area contributed by atoms with Crippen LogP contribution in [0.2, 0.25) is 0 Å². The zero-order chi connectivity index (χ0) is 14.3. The Balaban J connectivity index is 2.33. The molecule has 0 spiro atoms. The molecule has 104 valence electrons. The molecule has 0 radical (unpaired) electrons. The maximum absolute atomic E-state index is 11.6. The van der Waals surface area contributed by atoms with Gasteiger partial charge in [-0.1, -0.05) is 44.2 Å². The fraction of sp³-hybridized carbons (Fsp3) is 0.429. The third-order valence-corrected chi connectivity index (χ3v) is 2.79. The maximum atomic E-state index is 11.6. The van der Waals surface area contributed by atoms with E-state index < -0.39 is 17.8 Å². The number of carboxylic acid groups (broad SMARTS) is 1. The molecule has 1 rings (SSSR count). The summed E-state index contributed by atoms with van der Waals surface area (Å²) >= 11 is 0. The topological polar surface area (TPSA) is 75.6 Å². The lowest BCUT2D eigenvalue weighted by Gasteiger charge is -2.15. The highest BCUT2D eigenvalue weighted by Crippen LogP contribution is 2.15. The average molecular weight is 265 g/mol. The van der Waals surface area contributed by atoms with Crippen LogP contribution in [0.5, 0.6) is 0 Å². The van der Waals surface area contributed by atoms with Gasteiger partial charge < -0.3 is 5.11 Å². The highest BCUT2D eigenvalue weighted by Gasteiger charge is 2.24. The summed E-state index contributed by atoms with van der Waals surface area (Å²) in [5.41, 5.74) is 3.20. The quantitative estimate of drug-likeness (QED) is 0.739. The zero-order valence-corrected chi connectivity index (χ0v) is 11.1. The van der Waals surface area contributed by atoms with Gasteiger partial charge in [0, 0.05) is 6.42 Å². The number of rotatable bonds is 7. The van der Waals surface area contributed by atoms with Crippen molar-refractivity contribution in [3.63, 3.8) is 0 Å². The van der Waals surface area contributed by atoms with Gasteiger partial charge in [-0.3, -0.25) is 14.4 Å². The Morgan fingerprint density at radius 3 is 2.42 bits per heavy atom. The average Bonchev–Trinajstić information content (AvgIpc) is 2.36. The van der Waals surface area contributed by atoms with Gasteiger partial charge >= 0.3 is 5.97 Å². The number of carboxylic acids is 1. The van der Waals surface area contributed by atoms with Crippen LogP contribution in [-0.4, -0.2) is 17.0 Å². The molecule has 0 aromatic heterocycles. The number of benzene rings is 1. The van der Waals surface area contributed by atoms with Crippen LogP contribution in [0.4, 0.5) is 0 Å².